The molecule has 1 aliphatic carbocycles. The van der Waals surface area contributed by atoms with Gasteiger partial charge >= 0.3 is 6.03 Å². The summed E-state index contributed by atoms with van der Waals surface area (Å²) in [5.74, 6) is 1.91. The highest BCUT2D eigenvalue weighted by molar-refractivity contribution is 5.92. The molecule has 11 nitrogen and oxygen atoms in total. The Balaban J connectivity index is 1.31. The molecule has 1 saturated heterocycles. The second-order valence-electron chi connectivity index (χ2n) is 10.8. The van der Waals surface area contributed by atoms with Crippen molar-refractivity contribution in [2.75, 3.05) is 32.8 Å². The maximum Gasteiger partial charge on any atom is 0.320 e. The van der Waals surface area contributed by atoms with Crippen LogP contribution in [0.2, 0.25) is 0 Å². The molecule has 2 fully saturated rings. The summed E-state index contributed by atoms with van der Waals surface area (Å²) < 4.78 is 18.6. The fourth-order valence-electron chi connectivity index (χ4n) is 5.48. The van der Waals surface area contributed by atoms with E-state index < -0.39 is 5.60 Å². The first-order chi connectivity index (χ1) is 19.9. The monoisotopic (exact) mass is 558 g/mol. The number of pyridine rings is 2. The number of aliphatic hydroxyl groups is 1. The maximum atomic E-state index is 12.7. The molecule has 3 N–H and O–H groups in total. The zero-order valence-corrected chi connectivity index (χ0v) is 23.4. The molecule has 3 aromatic heterocycles. The third-order valence-corrected chi connectivity index (χ3v) is 7.96. The Morgan fingerprint density at radius 2 is 2.00 bits per heavy atom. The van der Waals surface area contributed by atoms with Crippen LogP contribution in [-0.2, 0) is 21.6 Å². The number of nitrogens with zero attached hydrogens (tertiary/aromatic N) is 4. The summed E-state index contributed by atoms with van der Waals surface area (Å²) in [6.07, 6.45) is 3.42. The molecule has 0 bridgehead atoms. The molecule has 1 atom stereocenters. The maximum absolute atomic E-state index is 12.7. The number of aliphatic hydroxyl groups excluding tert-OH is 1. The van der Waals surface area contributed by atoms with E-state index in [-0.39, 0.29) is 18.1 Å². The van der Waals surface area contributed by atoms with Crippen LogP contribution in [0.1, 0.15) is 47.7 Å². The van der Waals surface area contributed by atoms with Gasteiger partial charge in [0.15, 0.2) is 5.82 Å². The van der Waals surface area contributed by atoms with Gasteiger partial charge in [0, 0.05) is 50.2 Å². The number of aryl methyl sites for hydroxylation is 1. The van der Waals surface area contributed by atoms with Crippen molar-refractivity contribution in [3.05, 3.63) is 71.2 Å². The van der Waals surface area contributed by atoms with E-state index in [0.29, 0.717) is 50.7 Å². The van der Waals surface area contributed by atoms with Crippen molar-refractivity contribution >= 4 is 22.8 Å². The number of rotatable bonds is 8. The Morgan fingerprint density at radius 1 is 1.20 bits per heavy atom. The molecule has 4 aromatic rings. The minimum Gasteiger partial charge on any atom is -0.497 e. The standard InChI is InChI=1S/C30H34N6O5/c1-18-10-25(30(40-3)8-9-41-17-30)33-27(11-18)36-24-14-26(31-16-23(24)28(35-36)20-12-21(37)13-20)34-29(38)32-15-19-4-6-22(39-2)7-5-19/h4-7,10-11,14,16,20-21,37H,8-9,12-13,15,17H2,1-3H3,(H2,31,32,34,38)/t20?,21?,30-/m1/s1. The zero-order valence-electron chi connectivity index (χ0n) is 23.4. The molecule has 0 spiro atoms. The van der Waals surface area contributed by atoms with Crippen LogP contribution in [0.25, 0.3) is 16.7 Å². The van der Waals surface area contributed by atoms with E-state index in [1.165, 1.54) is 0 Å². The van der Waals surface area contributed by atoms with Crippen molar-refractivity contribution in [3.63, 3.8) is 0 Å². The third kappa shape index (κ3) is 5.35. The normalized spacial score (nSPS) is 22.0. The van der Waals surface area contributed by atoms with Gasteiger partial charge in [-0.05, 0) is 55.2 Å². The van der Waals surface area contributed by atoms with Gasteiger partial charge in [-0.1, -0.05) is 12.1 Å². The van der Waals surface area contributed by atoms with E-state index in [9.17, 15) is 9.90 Å². The number of hydrogen-bond donors (Lipinski definition) is 3. The first-order valence-electron chi connectivity index (χ1n) is 13.7. The summed E-state index contributed by atoms with van der Waals surface area (Å²) in [6.45, 7) is 3.42. The zero-order chi connectivity index (χ0) is 28.6. The van der Waals surface area contributed by atoms with E-state index in [2.05, 4.69) is 15.6 Å². The highest BCUT2D eigenvalue weighted by atomic mass is 16.5. The van der Waals surface area contributed by atoms with E-state index >= 15 is 0 Å². The molecule has 41 heavy (non-hydrogen) atoms. The van der Waals surface area contributed by atoms with Gasteiger partial charge in [-0.15, -0.1) is 0 Å². The lowest BCUT2D eigenvalue weighted by Gasteiger charge is -2.30. The Bertz CT molecular complexity index is 1560. The van der Waals surface area contributed by atoms with E-state index in [0.717, 1.165) is 39.2 Å². The molecule has 11 heteroatoms. The number of carbonyl (C=O) groups is 1. The molecule has 0 radical (unpaired) electrons. The quantitative estimate of drug-likeness (QED) is 0.296. The average molecular weight is 559 g/mol. The SMILES string of the molecule is COc1ccc(CNC(=O)Nc2cc3c(cn2)c(C2CC(O)C2)nn3-c2cc(C)cc([C@@]3(OC)CCOC3)n2)cc1. The van der Waals surface area contributed by atoms with Crippen LogP contribution >= 0.6 is 0 Å². The van der Waals surface area contributed by atoms with Crippen molar-refractivity contribution in [2.45, 2.75) is 50.4 Å². The number of urea groups is 1. The highest BCUT2D eigenvalue weighted by Crippen LogP contribution is 2.40. The average Bonchev–Trinajstić information content (AvgIpc) is 3.60. The lowest BCUT2D eigenvalue weighted by molar-refractivity contribution is -0.0246. The number of nitrogens with one attached hydrogen (secondary N) is 2. The van der Waals surface area contributed by atoms with Crippen LogP contribution in [-0.4, -0.2) is 64.4 Å². The molecule has 1 aromatic carbocycles. The van der Waals surface area contributed by atoms with Crippen LogP contribution < -0.4 is 15.4 Å². The first kappa shape index (κ1) is 27.1. The number of ether oxygens (including phenoxy) is 3. The van der Waals surface area contributed by atoms with Gasteiger partial charge in [0.2, 0.25) is 0 Å². The number of carbonyl (C=O) groups excluding carboxylic acids is 1. The third-order valence-electron chi connectivity index (χ3n) is 7.96. The molecular formula is C30H34N6O5. The van der Waals surface area contributed by atoms with Crippen LogP contribution in [0.5, 0.6) is 5.75 Å². The van der Waals surface area contributed by atoms with Crippen LogP contribution in [0.4, 0.5) is 10.6 Å². The van der Waals surface area contributed by atoms with Gasteiger partial charge in [0.1, 0.15) is 17.2 Å². The molecule has 1 aliphatic heterocycles. The van der Waals surface area contributed by atoms with Crippen molar-refractivity contribution in [1.82, 2.24) is 25.1 Å². The largest absolute Gasteiger partial charge is 0.497 e. The highest BCUT2D eigenvalue weighted by Gasteiger charge is 2.39. The predicted molar refractivity (Wildman–Crippen MR) is 152 cm³/mol. The van der Waals surface area contributed by atoms with Gasteiger partial charge in [-0.2, -0.15) is 5.10 Å². The number of benzene rings is 1. The number of hydrogen-bond acceptors (Lipinski definition) is 8. The molecule has 2 aliphatic rings. The van der Waals surface area contributed by atoms with E-state index in [4.69, 9.17) is 24.3 Å². The smallest absolute Gasteiger partial charge is 0.320 e. The van der Waals surface area contributed by atoms with Crippen LogP contribution in [0.3, 0.4) is 0 Å². The lowest BCUT2D eigenvalue weighted by Crippen LogP contribution is -2.30. The molecule has 4 heterocycles. The summed E-state index contributed by atoms with van der Waals surface area (Å²) >= 11 is 0. The molecule has 0 unspecified atom stereocenters. The van der Waals surface area contributed by atoms with Crippen LogP contribution in [0, 0.1) is 6.92 Å². The van der Waals surface area contributed by atoms with Crippen molar-refractivity contribution in [2.24, 2.45) is 0 Å². The Morgan fingerprint density at radius 3 is 2.68 bits per heavy atom. The number of amides is 2. The van der Waals surface area contributed by atoms with Gasteiger partial charge in [-0.25, -0.2) is 19.4 Å². The number of methoxy groups -OCH3 is 2. The summed E-state index contributed by atoms with van der Waals surface area (Å²) in [6, 6.07) is 12.9. The number of fused-ring (bicyclic) bond motifs is 1. The number of anilines is 1. The molecule has 6 rings (SSSR count). The molecule has 214 valence electrons. The van der Waals surface area contributed by atoms with Crippen LogP contribution in [0.15, 0.2) is 48.7 Å². The fraction of sp³-hybridized carbons (Fsp3) is 0.400. The predicted octanol–water partition coefficient (Wildman–Crippen LogP) is 3.95. The fourth-order valence-corrected chi connectivity index (χ4v) is 5.48. The minimum atomic E-state index is -0.610. The van der Waals surface area contributed by atoms with E-state index in [1.807, 2.05) is 49.4 Å². The van der Waals surface area contributed by atoms with Gasteiger partial charge in [-0.3, -0.25) is 5.32 Å². The van der Waals surface area contributed by atoms with Crippen molar-refractivity contribution < 1.29 is 24.1 Å². The summed E-state index contributed by atoms with van der Waals surface area (Å²) in [5.41, 5.74) is 3.77. The Labute approximate surface area is 237 Å². The molecule has 2 amide bonds. The molecular weight excluding hydrogens is 524 g/mol. The second kappa shape index (κ2) is 11.1. The number of aromatic nitrogens is 4. The molecule has 1 saturated carbocycles. The summed E-state index contributed by atoms with van der Waals surface area (Å²) in [7, 11) is 3.30. The summed E-state index contributed by atoms with van der Waals surface area (Å²) in [5, 5.41) is 21.5. The summed E-state index contributed by atoms with van der Waals surface area (Å²) in [4.78, 5) is 22.2. The van der Waals surface area contributed by atoms with Crippen molar-refractivity contribution in [3.8, 4) is 11.6 Å². The second-order valence-corrected chi connectivity index (χ2v) is 10.8. The Hall–Kier alpha value is -4.06. The topological polar surface area (TPSA) is 133 Å². The Kier molecular flexibility index (Phi) is 7.33. The minimum absolute atomic E-state index is 0.125. The van der Waals surface area contributed by atoms with Gasteiger partial charge in [0.05, 0.1) is 36.7 Å². The van der Waals surface area contributed by atoms with Crippen molar-refractivity contribution in [1.29, 1.82) is 0 Å². The van der Waals surface area contributed by atoms with E-state index in [1.54, 1.807) is 25.1 Å². The first-order valence-corrected chi connectivity index (χ1v) is 13.7. The van der Waals surface area contributed by atoms with Gasteiger partial charge in [0.25, 0.3) is 0 Å². The van der Waals surface area contributed by atoms with Gasteiger partial charge < -0.3 is 24.6 Å². The lowest BCUT2D eigenvalue weighted by atomic mass is 9.79.